The summed E-state index contributed by atoms with van der Waals surface area (Å²) in [4.78, 5) is 29.1. The second kappa shape index (κ2) is 7.21. The molecule has 0 aliphatic carbocycles. The summed E-state index contributed by atoms with van der Waals surface area (Å²) in [6.45, 7) is 0.0151. The van der Waals surface area contributed by atoms with Crippen molar-refractivity contribution < 1.29 is 23.5 Å². The molecule has 3 aromatic rings. The smallest absolute Gasteiger partial charge is 0.267 e. The maximum Gasteiger partial charge on any atom is 0.267 e. The molecule has 1 saturated heterocycles. The number of carbonyl (C=O) groups is 2. The van der Waals surface area contributed by atoms with E-state index in [9.17, 15) is 19.1 Å². The van der Waals surface area contributed by atoms with Crippen LogP contribution in [-0.2, 0) is 11.3 Å². The molecule has 1 unspecified atom stereocenters. The molecule has 29 heavy (non-hydrogen) atoms. The Morgan fingerprint density at radius 2 is 1.93 bits per heavy atom. The average molecular weight is 397 g/mol. The summed E-state index contributed by atoms with van der Waals surface area (Å²) < 4.78 is 28.4. The fourth-order valence-corrected chi connectivity index (χ4v) is 3.56. The van der Waals surface area contributed by atoms with Crippen LogP contribution in [-0.4, -0.2) is 33.0 Å². The Kier molecular flexibility index (Phi) is 4.71. The number of nitrogens with zero attached hydrogens (tertiary/aromatic N) is 2. The molecule has 0 bridgehead atoms. The van der Waals surface area contributed by atoms with Gasteiger partial charge in [0.15, 0.2) is 0 Å². The van der Waals surface area contributed by atoms with Gasteiger partial charge in [0.1, 0.15) is 23.6 Å². The normalized spacial score (nSPS) is 16.6. The molecule has 0 spiro atoms. The summed E-state index contributed by atoms with van der Waals surface area (Å²) in [6, 6.07) is 9.60. The van der Waals surface area contributed by atoms with Gasteiger partial charge in [-0.2, -0.15) is 0 Å². The van der Waals surface area contributed by atoms with Crippen LogP contribution >= 0.6 is 0 Å². The van der Waals surface area contributed by atoms with Gasteiger partial charge in [0.2, 0.25) is 5.91 Å². The molecule has 1 aromatic heterocycles. The predicted octanol–water partition coefficient (Wildman–Crippen LogP) is 2.72. The molecule has 4 rings (SSSR count). The fourth-order valence-electron chi connectivity index (χ4n) is 3.56. The molecule has 1 aliphatic rings. The number of amides is 2. The number of hydrogen-bond donors (Lipinski definition) is 2. The molecular formula is C21H17F2N3O3. The van der Waals surface area contributed by atoms with Crippen molar-refractivity contribution in [3.8, 4) is 11.1 Å². The highest BCUT2D eigenvalue weighted by Gasteiger charge is 2.29. The number of pyridine rings is 1. The van der Waals surface area contributed by atoms with Crippen LogP contribution in [0.5, 0.6) is 0 Å². The molecular weight excluding hydrogens is 380 g/mol. The molecule has 1 aliphatic heterocycles. The number of aliphatic hydroxyl groups excluding tert-OH is 1. The van der Waals surface area contributed by atoms with E-state index < -0.39 is 23.8 Å². The van der Waals surface area contributed by atoms with E-state index in [-0.39, 0.29) is 35.5 Å². The van der Waals surface area contributed by atoms with E-state index in [0.717, 1.165) is 0 Å². The summed E-state index contributed by atoms with van der Waals surface area (Å²) in [6.07, 6.45) is -0.357. The molecule has 148 valence electrons. The van der Waals surface area contributed by atoms with Gasteiger partial charge in [-0.15, -0.1) is 0 Å². The number of likely N-dealkylation sites (tertiary alicyclic amines) is 1. The Balaban J connectivity index is 1.87. The lowest BCUT2D eigenvalue weighted by molar-refractivity contribution is -0.134. The van der Waals surface area contributed by atoms with Crippen LogP contribution < -0.4 is 5.73 Å². The van der Waals surface area contributed by atoms with Crippen molar-refractivity contribution in [2.75, 3.05) is 0 Å². The summed E-state index contributed by atoms with van der Waals surface area (Å²) >= 11 is 0. The Bertz CT molecular complexity index is 1130. The maximum absolute atomic E-state index is 15.1. The summed E-state index contributed by atoms with van der Waals surface area (Å²) in [5.74, 6) is -2.06. The van der Waals surface area contributed by atoms with Gasteiger partial charge in [-0.3, -0.25) is 9.59 Å². The van der Waals surface area contributed by atoms with Crippen LogP contribution in [0.2, 0.25) is 0 Å². The number of aliphatic hydroxyl groups is 1. The summed E-state index contributed by atoms with van der Waals surface area (Å²) in [5.41, 5.74) is 6.76. The van der Waals surface area contributed by atoms with Crippen LogP contribution in [0, 0.1) is 11.6 Å². The number of fused-ring (bicyclic) bond motifs is 1. The third-order valence-electron chi connectivity index (χ3n) is 4.98. The lowest BCUT2D eigenvalue weighted by Gasteiger charge is -2.21. The highest BCUT2D eigenvalue weighted by molar-refractivity contribution is 6.01. The van der Waals surface area contributed by atoms with E-state index in [1.807, 2.05) is 0 Å². The van der Waals surface area contributed by atoms with E-state index in [4.69, 9.17) is 5.73 Å². The maximum atomic E-state index is 15.1. The van der Waals surface area contributed by atoms with Gasteiger partial charge < -0.3 is 15.7 Å². The predicted molar refractivity (Wildman–Crippen MR) is 101 cm³/mol. The molecule has 0 radical (unpaired) electrons. The van der Waals surface area contributed by atoms with Crippen LogP contribution in [0.4, 0.5) is 8.78 Å². The third kappa shape index (κ3) is 3.54. The van der Waals surface area contributed by atoms with Gasteiger partial charge in [0.25, 0.3) is 5.91 Å². The molecule has 2 heterocycles. The zero-order valence-electron chi connectivity index (χ0n) is 15.2. The highest BCUT2D eigenvalue weighted by atomic mass is 19.1. The van der Waals surface area contributed by atoms with E-state index in [1.165, 1.54) is 41.3 Å². The quantitative estimate of drug-likeness (QED) is 0.708. The van der Waals surface area contributed by atoms with Gasteiger partial charge in [0, 0.05) is 24.8 Å². The standard InChI is InChI=1S/C21H17F2N3O3/c22-13-3-1-12(2-4-13)14-9-17(21(24)29)25-16-8-11(7-15(23)20(14)16)10-26-18(27)5-6-19(26)28/h1-4,7-9,18,27H,5-6,10H2,(H2,24,29). The second-order valence-corrected chi connectivity index (χ2v) is 6.94. The summed E-state index contributed by atoms with van der Waals surface area (Å²) in [5, 5.41) is 10.1. The number of primary amides is 1. The van der Waals surface area contributed by atoms with Gasteiger partial charge in [-0.1, -0.05) is 12.1 Å². The van der Waals surface area contributed by atoms with Crippen LogP contribution in [0.3, 0.4) is 0 Å². The summed E-state index contributed by atoms with van der Waals surface area (Å²) in [7, 11) is 0. The Labute approximate surface area is 164 Å². The molecule has 6 nitrogen and oxygen atoms in total. The Morgan fingerprint density at radius 1 is 1.21 bits per heavy atom. The zero-order valence-corrected chi connectivity index (χ0v) is 15.2. The van der Waals surface area contributed by atoms with E-state index in [1.54, 1.807) is 6.07 Å². The number of nitrogens with two attached hydrogens (primary N) is 1. The molecule has 0 saturated carbocycles. The SMILES string of the molecule is NC(=O)c1cc(-c2ccc(F)cc2)c2c(F)cc(CN3C(=O)CCC3O)cc2n1. The first kappa shape index (κ1) is 18.9. The monoisotopic (exact) mass is 397 g/mol. The second-order valence-electron chi connectivity index (χ2n) is 6.94. The van der Waals surface area contributed by atoms with Crippen molar-refractivity contribution in [3.05, 3.63) is 65.4 Å². The van der Waals surface area contributed by atoms with Crippen molar-refractivity contribution in [3.63, 3.8) is 0 Å². The number of hydrogen-bond acceptors (Lipinski definition) is 4. The first-order valence-electron chi connectivity index (χ1n) is 9.00. The minimum atomic E-state index is -0.916. The number of halogens is 2. The van der Waals surface area contributed by atoms with E-state index in [0.29, 0.717) is 23.1 Å². The fraction of sp³-hybridized carbons (Fsp3) is 0.190. The Hall–Kier alpha value is -3.39. The van der Waals surface area contributed by atoms with Crippen molar-refractivity contribution >= 4 is 22.7 Å². The van der Waals surface area contributed by atoms with E-state index in [2.05, 4.69) is 4.98 Å². The largest absolute Gasteiger partial charge is 0.373 e. The lowest BCUT2D eigenvalue weighted by atomic mass is 9.98. The minimum Gasteiger partial charge on any atom is -0.373 e. The minimum absolute atomic E-state index is 0.0151. The molecule has 2 aromatic carbocycles. The molecule has 1 atom stereocenters. The number of aromatic nitrogens is 1. The average Bonchev–Trinajstić information content (AvgIpc) is 2.99. The molecule has 8 heteroatoms. The van der Waals surface area contributed by atoms with Gasteiger partial charge in [0.05, 0.1) is 5.52 Å². The van der Waals surface area contributed by atoms with Crippen molar-refractivity contribution in [2.24, 2.45) is 5.73 Å². The first-order valence-corrected chi connectivity index (χ1v) is 9.00. The lowest BCUT2D eigenvalue weighted by Crippen LogP contribution is -2.32. The first-order chi connectivity index (χ1) is 13.8. The third-order valence-corrected chi connectivity index (χ3v) is 4.98. The van der Waals surface area contributed by atoms with Crippen molar-refractivity contribution in [2.45, 2.75) is 25.6 Å². The molecule has 1 fully saturated rings. The van der Waals surface area contributed by atoms with Gasteiger partial charge in [-0.25, -0.2) is 13.8 Å². The van der Waals surface area contributed by atoms with Crippen LogP contribution in [0.15, 0.2) is 42.5 Å². The Morgan fingerprint density at radius 3 is 2.55 bits per heavy atom. The number of rotatable bonds is 4. The molecule has 3 N–H and O–H groups in total. The molecule has 2 amide bonds. The van der Waals surface area contributed by atoms with Crippen LogP contribution in [0.25, 0.3) is 22.0 Å². The van der Waals surface area contributed by atoms with Crippen LogP contribution in [0.1, 0.15) is 28.9 Å². The van der Waals surface area contributed by atoms with E-state index >= 15 is 4.39 Å². The zero-order chi connectivity index (χ0) is 20.7. The van der Waals surface area contributed by atoms with Crippen molar-refractivity contribution in [1.82, 2.24) is 9.88 Å². The van der Waals surface area contributed by atoms with Gasteiger partial charge in [-0.05, 0) is 47.0 Å². The van der Waals surface area contributed by atoms with Gasteiger partial charge >= 0.3 is 0 Å². The topological polar surface area (TPSA) is 96.5 Å². The van der Waals surface area contributed by atoms with Crippen molar-refractivity contribution in [1.29, 1.82) is 0 Å². The highest BCUT2D eigenvalue weighted by Crippen LogP contribution is 2.32. The number of benzene rings is 2. The number of carbonyl (C=O) groups excluding carboxylic acids is 2.